The van der Waals surface area contributed by atoms with Gasteiger partial charge < -0.3 is 5.32 Å². The third kappa shape index (κ3) is 3.27. The van der Waals surface area contributed by atoms with E-state index < -0.39 is 0 Å². The summed E-state index contributed by atoms with van der Waals surface area (Å²) >= 11 is 0. The maximum atomic E-state index is 4.49. The summed E-state index contributed by atoms with van der Waals surface area (Å²) in [5.74, 6) is 1.71. The number of rotatable bonds is 6. The second-order valence-corrected chi connectivity index (χ2v) is 6.76. The normalized spacial score (nSPS) is 30.0. The Kier molecular flexibility index (Phi) is 4.57. The van der Waals surface area contributed by atoms with Crippen molar-refractivity contribution in [2.24, 2.45) is 5.92 Å². The minimum Gasteiger partial charge on any atom is -0.315 e. The van der Waals surface area contributed by atoms with Crippen LogP contribution in [0.25, 0.3) is 0 Å². The Hall–Kier alpha value is -0.980. The van der Waals surface area contributed by atoms with E-state index in [1.165, 1.54) is 32.7 Å². The van der Waals surface area contributed by atoms with Crippen molar-refractivity contribution in [3.63, 3.8) is 0 Å². The predicted molar refractivity (Wildman–Crippen MR) is 83.2 cm³/mol. The number of nitrogens with zero attached hydrogens (tertiary/aromatic N) is 5. The van der Waals surface area contributed by atoms with E-state index in [1.54, 1.807) is 6.33 Å². The summed E-state index contributed by atoms with van der Waals surface area (Å²) in [6.07, 6.45) is 2.65. The summed E-state index contributed by atoms with van der Waals surface area (Å²) in [5, 5.41) is 7.92. The molecule has 3 fully saturated rings. The van der Waals surface area contributed by atoms with Crippen molar-refractivity contribution < 1.29 is 0 Å². The van der Waals surface area contributed by atoms with E-state index >= 15 is 0 Å². The van der Waals surface area contributed by atoms with Gasteiger partial charge in [-0.2, -0.15) is 5.10 Å². The van der Waals surface area contributed by atoms with Crippen LogP contribution in [0.2, 0.25) is 0 Å². The van der Waals surface area contributed by atoms with Gasteiger partial charge in [-0.15, -0.1) is 0 Å². The van der Waals surface area contributed by atoms with Crippen molar-refractivity contribution in [2.45, 2.75) is 38.9 Å². The van der Waals surface area contributed by atoms with E-state index in [-0.39, 0.29) is 0 Å². The van der Waals surface area contributed by atoms with E-state index in [2.05, 4.69) is 50.8 Å². The molecule has 1 aromatic heterocycles. The molecule has 2 bridgehead atoms. The molecule has 3 aliphatic heterocycles. The SMILES string of the molecule is CNC(Cc1ncnn1CC(C)C)C1CN2CCN1CC2. The smallest absolute Gasteiger partial charge is 0.138 e. The lowest BCUT2D eigenvalue weighted by atomic mass is 9.97. The van der Waals surface area contributed by atoms with Gasteiger partial charge in [0, 0.05) is 57.8 Å². The average molecular weight is 292 g/mol. The van der Waals surface area contributed by atoms with Crippen LogP contribution in [0.1, 0.15) is 19.7 Å². The van der Waals surface area contributed by atoms with E-state index in [9.17, 15) is 0 Å². The summed E-state index contributed by atoms with van der Waals surface area (Å²) in [7, 11) is 2.08. The minimum absolute atomic E-state index is 0.447. The highest BCUT2D eigenvalue weighted by Gasteiger charge is 2.36. The molecule has 118 valence electrons. The molecule has 0 saturated carbocycles. The second-order valence-electron chi connectivity index (χ2n) is 6.76. The van der Waals surface area contributed by atoms with Gasteiger partial charge in [0.25, 0.3) is 0 Å². The molecule has 21 heavy (non-hydrogen) atoms. The predicted octanol–water partition coefficient (Wildman–Crippen LogP) is 0.0644. The Bertz CT molecular complexity index is 449. The molecule has 6 heteroatoms. The van der Waals surface area contributed by atoms with Crippen molar-refractivity contribution in [3.8, 4) is 0 Å². The number of likely N-dealkylation sites (N-methyl/N-ethyl adjacent to an activating group) is 1. The fraction of sp³-hybridized carbons (Fsp3) is 0.867. The van der Waals surface area contributed by atoms with E-state index in [4.69, 9.17) is 0 Å². The fourth-order valence-electron chi connectivity index (χ4n) is 3.61. The molecule has 3 aliphatic rings. The lowest BCUT2D eigenvalue weighted by Crippen LogP contribution is -2.66. The molecule has 6 nitrogen and oxygen atoms in total. The number of fused-ring (bicyclic) bond motifs is 3. The van der Waals surface area contributed by atoms with Gasteiger partial charge in [0.1, 0.15) is 12.2 Å². The Morgan fingerprint density at radius 3 is 2.62 bits per heavy atom. The zero-order valence-corrected chi connectivity index (χ0v) is 13.5. The highest BCUT2D eigenvalue weighted by molar-refractivity contribution is 4.99. The molecule has 3 saturated heterocycles. The van der Waals surface area contributed by atoms with Gasteiger partial charge in [-0.25, -0.2) is 9.67 Å². The lowest BCUT2D eigenvalue weighted by molar-refractivity contribution is -0.00244. The van der Waals surface area contributed by atoms with Crippen LogP contribution in [-0.2, 0) is 13.0 Å². The number of hydrogen-bond donors (Lipinski definition) is 1. The first kappa shape index (κ1) is 14.9. The van der Waals surface area contributed by atoms with Crippen LogP contribution in [0.5, 0.6) is 0 Å². The molecule has 0 aliphatic carbocycles. The van der Waals surface area contributed by atoms with Gasteiger partial charge in [0.15, 0.2) is 0 Å². The van der Waals surface area contributed by atoms with Crippen molar-refractivity contribution in [1.29, 1.82) is 0 Å². The summed E-state index contributed by atoms with van der Waals surface area (Å²) in [6, 6.07) is 1.05. The number of aromatic nitrogens is 3. The van der Waals surface area contributed by atoms with Crippen LogP contribution in [0.15, 0.2) is 6.33 Å². The maximum absolute atomic E-state index is 4.49. The van der Waals surface area contributed by atoms with Crippen LogP contribution in [0.4, 0.5) is 0 Å². The Morgan fingerprint density at radius 1 is 1.29 bits per heavy atom. The quantitative estimate of drug-likeness (QED) is 0.804. The average Bonchev–Trinajstić information content (AvgIpc) is 2.92. The molecule has 4 rings (SSSR count). The molecule has 4 heterocycles. The molecule has 2 unspecified atom stereocenters. The molecule has 1 aromatic rings. The Balaban J connectivity index is 1.68. The van der Waals surface area contributed by atoms with Crippen LogP contribution >= 0.6 is 0 Å². The second kappa shape index (κ2) is 6.42. The molecule has 0 aromatic carbocycles. The third-order valence-electron chi connectivity index (χ3n) is 4.79. The van der Waals surface area contributed by atoms with E-state index in [0.717, 1.165) is 18.8 Å². The first-order valence-corrected chi connectivity index (χ1v) is 8.17. The zero-order chi connectivity index (χ0) is 14.8. The molecule has 0 radical (unpaired) electrons. The van der Waals surface area contributed by atoms with Gasteiger partial charge in [-0.05, 0) is 13.0 Å². The van der Waals surface area contributed by atoms with Crippen LogP contribution in [0.3, 0.4) is 0 Å². The van der Waals surface area contributed by atoms with Crippen LogP contribution in [-0.4, -0.2) is 76.4 Å². The Labute approximate surface area is 127 Å². The summed E-state index contributed by atoms with van der Waals surface area (Å²) in [6.45, 7) is 11.5. The van der Waals surface area contributed by atoms with Crippen molar-refractivity contribution >= 4 is 0 Å². The molecule has 2 atom stereocenters. The maximum Gasteiger partial charge on any atom is 0.138 e. The first-order chi connectivity index (χ1) is 10.2. The molecule has 0 spiro atoms. The van der Waals surface area contributed by atoms with Gasteiger partial charge in [0.05, 0.1) is 0 Å². The first-order valence-electron chi connectivity index (χ1n) is 8.17. The van der Waals surface area contributed by atoms with Crippen molar-refractivity contribution in [1.82, 2.24) is 29.9 Å². The minimum atomic E-state index is 0.447. The van der Waals surface area contributed by atoms with E-state index in [1.807, 2.05) is 0 Å². The largest absolute Gasteiger partial charge is 0.315 e. The topological polar surface area (TPSA) is 49.2 Å². The van der Waals surface area contributed by atoms with Crippen LogP contribution < -0.4 is 5.32 Å². The Morgan fingerprint density at radius 2 is 2.05 bits per heavy atom. The highest BCUT2D eigenvalue weighted by atomic mass is 15.4. The van der Waals surface area contributed by atoms with Gasteiger partial charge in [-0.3, -0.25) is 9.80 Å². The standard InChI is InChI=1S/C15H28N6/c1-12(2)9-21-15(17-11-18-21)8-13(16-3)14-10-19-4-6-20(14)7-5-19/h11-14,16H,4-10H2,1-3H3. The third-order valence-corrected chi connectivity index (χ3v) is 4.79. The van der Waals surface area contributed by atoms with Gasteiger partial charge in [-0.1, -0.05) is 13.8 Å². The van der Waals surface area contributed by atoms with Crippen molar-refractivity contribution in [3.05, 3.63) is 12.2 Å². The monoisotopic (exact) mass is 292 g/mol. The number of piperazine rings is 3. The van der Waals surface area contributed by atoms with Gasteiger partial charge >= 0.3 is 0 Å². The molecule has 0 amide bonds. The molecular weight excluding hydrogens is 264 g/mol. The lowest BCUT2D eigenvalue weighted by Gasteiger charge is -2.50. The fourth-order valence-corrected chi connectivity index (χ4v) is 3.61. The summed E-state index contributed by atoms with van der Waals surface area (Å²) < 4.78 is 2.08. The van der Waals surface area contributed by atoms with Crippen molar-refractivity contribution in [2.75, 3.05) is 39.8 Å². The van der Waals surface area contributed by atoms with Crippen LogP contribution in [0, 0.1) is 5.92 Å². The van der Waals surface area contributed by atoms with E-state index in [0.29, 0.717) is 18.0 Å². The number of nitrogens with one attached hydrogen (secondary N) is 1. The number of hydrogen-bond acceptors (Lipinski definition) is 5. The zero-order valence-electron chi connectivity index (χ0n) is 13.5. The molecular formula is C15H28N6. The summed E-state index contributed by atoms with van der Waals surface area (Å²) in [5.41, 5.74) is 0. The van der Waals surface area contributed by atoms with Gasteiger partial charge in [0.2, 0.25) is 0 Å². The highest BCUT2D eigenvalue weighted by Crippen LogP contribution is 2.20. The summed E-state index contributed by atoms with van der Waals surface area (Å²) in [4.78, 5) is 9.73. The molecule has 1 N–H and O–H groups in total.